The molecule has 0 heterocycles. The van der Waals surface area contributed by atoms with Crippen LogP contribution >= 0.6 is 0 Å². The Morgan fingerprint density at radius 3 is 1.83 bits per heavy atom. The first-order chi connectivity index (χ1) is 2.77. The Morgan fingerprint density at radius 2 is 1.83 bits per heavy atom. The van der Waals surface area contributed by atoms with Gasteiger partial charge in [-0.25, -0.2) is 0 Å². The number of aliphatic hydroxyl groups is 3. The van der Waals surface area contributed by atoms with Crippen LogP contribution < -0.4 is 0 Å². The van der Waals surface area contributed by atoms with Crippen LogP contribution in [0.25, 0.3) is 0 Å². The minimum atomic E-state index is -0.711. The van der Waals surface area contributed by atoms with Crippen molar-refractivity contribution < 1.29 is 15.3 Å². The molecular weight excluding hydrogens is 84.0 g/mol. The van der Waals surface area contributed by atoms with E-state index < -0.39 is 6.29 Å². The second-order valence-electron chi connectivity index (χ2n) is 0.890. The maximum Gasteiger partial charge on any atom is 0.220 e. The summed E-state index contributed by atoms with van der Waals surface area (Å²) in [5.41, 5.74) is 0. The average molecular weight is 91.1 g/mol. The van der Waals surface area contributed by atoms with Gasteiger partial charge in [0, 0.05) is 13.0 Å². The highest BCUT2D eigenvalue weighted by Crippen LogP contribution is 1.89. The van der Waals surface area contributed by atoms with Crippen LogP contribution in [0, 0.1) is 6.29 Å². The lowest BCUT2D eigenvalue weighted by molar-refractivity contribution is 0.0582. The molecule has 3 N–H and O–H groups in total. The maximum absolute atomic E-state index is 7.90. The van der Waals surface area contributed by atoms with Gasteiger partial charge in [0.2, 0.25) is 6.29 Å². The van der Waals surface area contributed by atoms with Gasteiger partial charge in [-0.15, -0.1) is 0 Å². The molecule has 3 nitrogen and oxygen atoms in total. The van der Waals surface area contributed by atoms with E-state index in [0.29, 0.717) is 0 Å². The van der Waals surface area contributed by atoms with Crippen molar-refractivity contribution in [3.63, 3.8) is 0 Å². The molecule has 0 rings (SSSR count). The number of aliphatic hydroxyl groups excluding tert-OH is 2. The molecule has 0 bridgehead atoms. The van der Waals surface area contributed by atoms with Gasteiger partial charge in [-0.2, -0.15) is 0 Å². The summed E-state index contributed by atoms with van der Waals surface area (Å²) < 4.78 is 0. The molecule has 0 aromatic rings. The fraction of sp³-hybridized carbons (Fsp3) is 0.667. The summed E-state index contributed by atoms with van der Waals surface area (Å²) in [7, 11) is 0. The highest BCUT2D eigenvalue weighted by atomic mass is 16.5. The summed E-state index contributed by atoms with van der Waals surface area (Å²) in [5.74, 6) is 0. The molecule has 0 saturated carbocycles. The van der Waals surface area contributed by atoms with Gasteiger partial charge in [-0.1, -0.05) is 0 Å². The lowest BCUT2D eigenvalue weighted by Gasteiger charge is -1.91. The first-order valence-corrected chi connectivity index (χ1v) is 1.62. The molecule has 0 amide bonds. The molecule has 0 atom stereocenters. The largest absolute Gasteiger partial charge is 0.396 e. The van der Waals surface area contributed by atoms with Crippen LogP contribution in [0.1, 0.15) is 6.42 Å². The van der Waals surface area contributed by atoms with Crippen molar-refractivity contribution >= 4 is 0 Å². The predicted molar refractivity (Wildman–Crippen MR) is 18.8 cm³/mol. The van der Waals surface area contributed by atoms with Crippen molar-refractivity contribution in [1.82, 2.24) is 0 Å². The van der Waals surface area contributed by atoms with E-state index in [1.54, 1.807) is 0 Å². The van der Waals surface area contributed by atoms with Crippen molar-refractivity contribution in [2.75, 3.05) is 6.61 Å². The molecule has 0 aromatic carbocycles. The second kappa shape index (κ2) is 3.08. The molecule has 0 aliphatic carbocycles. The topological polar surface area (TPSA) is 60.7 Å². The summed E-state index contributed by atoms with van der Waals surface area (Å²) in [5, 5.41) is 23.6. The second-order valence-corrected chi connectivity index (χ2v) is 0.890. The van der Waals surface area contributed by atoms with Crippen LogP contribution in [0.15, 0.2) is 0 Å². The van der Waals surface area contributed by atoms with Crippen LogP contribution in [0.3, 0.4) is 0 Å². The fourth-order valence-corrected chi connectivity index (χ4v) is 0.1000. The molecule has 1 radical (unpaired) electrons. The van der Waals surface area contributed by atoms with Crippen LogP contribution in [-0.2, 0) is 0 Å². The van der Waals surface area contributed by atoms with E-state index in [4.69, 9.17) is 15.3 Å². The number of rotatable bonds is 2. The molecule has 6 heavy (non-hydrogen) atoms. The van der Waals surface area contributed by atoms with Crippen molar-refractivity contribution in [2.45, 2.75) is 6.42 Å². The van der Waals surface area contributed by atoms with E-state index in [-0.39, 0.29) is 13.0 Å². The summed E-state index contributed by atoms with van der Waals surface area (Å²) in [6.45, 7) is -0.206. The molecule has 0 aliphatic rings. The third-order valence-electron chi connectivity index (χ3n) is 0.335. The highest BCUT2D eigenvalue weighted by Gasteiger charge is 1.93. The van der Waals surface area contributed by atoms with Gasteiger partial charge in [-0.05, 0) is 0 Å². The third-order valence-corrected chi connectivity index (χ3v) is 0.335. The Balaban J connectivity index is 2.63. The zero-order chi connectivity index (χ0) is 4.99. The van der Waals surface area contributed by atoms with Gasteiger partial charge >= 0.3 is 0 Å². The van der Waals surface area contributed by atoms with Crippen molar-refractivity contribution in [3.8, 4) is 0 Å². The van der Waals surface area contributed by atoms with E-state index in [1.807, 2.05) is 0 Å². The molecule has 3 heteroatoms. The van der Waals surface area contributed by atoms with Crippen molar-refractivity contribution in [2.24, 2.45) is 0 Å². The van der Waals surface area contributed by atoms with Crippen molar-refractivity contribution in [3.05, 3.63) is 6.29 Å². The first-order valence-electron chi connectivity index (χ1n) is 1.62. The molecular formula is C3H7O3. The minimum absolute atomic E-state index is 0.0417. The summed E-state index contributed by atoms with van der Waals surface area (Å²) >= 11 is 0. The summed E-state index contributed by atoms with van der Waals surface area (Å²) in [6.07, 6.45) is -0.752. The highest BCUT2D eigenvalue weighted by molar-refractivity contribution is 4.52. The standard InChI is InChI=1S/C3H7O3/c4-2-1-3(5)6/h4-6H,1-2H2. The van der Waals surface area contributed by atoms with E-state index in [9.17, 15) is 0 Å². The van der Waals surface area contributed by atoms with Crippen LogP contribution in [-0.4, -0.2) is 21.9 Å². The lowest BCUT2D eigenvalue weighted by atomic mass is 10.5. The smallest absolute Gasteiger partial charge is 0.220 e. The first kappa shape index (κ1) is 5.88. The summed E-state index contributed by atoms with van der Waals surface area (Å²) in [4.78, 5) is 0. The van der Waals surface area contributed by atoms with Crippen LogP contribution in [0.4, 0.5) is 0 Å². The maximum atomic E-state index is 7.90. The quantitative estimate of drug-likeness (QED) is 0.433. The van der Waals surface area contributed by atoms with Gasteiger partial charge < -0.3 is 15.3 Å². The molecule has 0 unspecified atom stereocenters. The number of hydrogen-bond donors (Lipinski definition) is 3. The Bertz CT molecular complexity index is 27.2. The lowest BCUT2D eigenvalue weighted by Crippen LogP contribution is -1.95. The summed E-state index contributed by atoms with van der Waals surface area (Å²) in [6, 6.07) is 0. The van der Waals surface area contributed by atoms with E-state index in [0.717, 1.165) is 0 Å². The molecule has 0 spiro atoms. The van der Waals surface area contributed by atoms with E-state index >= 15 is 0 Å². The van der Waals surface area contributed by atoms with Crippen LogP contribution in [0.2, 0.25) is 0 Å². The zero-order valence-electron chi connectivity index (χ0n) is 3.26. The SMILES string of the molecule is OCC[C](O)O. The molecule has 0 saturated heterocycles. The van der Waals surface area contributed by atoms with E-state index in [2.05, 4.69) is 0 Å². The third kappa shape index (κ3) is 3.88. The molecule has 0 fully saturated rings. The van der Waals surface area contributed by atoms with Crippen LogP contribution in [0.5, 0.6) is 0 Å². The molecule has 0 aliphatic heterocycles. The Labute approximate surface area is 35.9 Å². The Kier molecular flexibility index (Phi) is 3.02. The Morgan fingerprint density at radius 1 is 1.33 bits per heavy atom. The predicted octanol–water partition coefficient (Wildman–Crippen LogP) is -0.397. The van der Waals surface area contributed by atoms with Gasteiger partial charge in [0.1, 0.15) is 0 Å². The van der Waals surface area contributed by atoms with Gasteiger partial charge in [0.15, 0.2) is 0 Å². The van der Waals surface area contributed by atoms with Gasteiger partial charge in [-0.3, -0.25) is 0 Å². The minimum Gasteiger partial charge on any atom is -0.396 e. The molecule has 37 valence electrons. The Hall–Kier alpha value is -0.120. The zero-order valence-corrected chi connectivity index (χ0v) is 3.26. The van der Waals surface area contributed by atoms with Gasteiger partial charge in [0.05, 0.1) is 0 Å². The fourth-order valence-electron chi connectivity index (χ4n) is 0.1000. The monoisotopic (exact) mass is 91.0 g/mol. The molecule has 0 aromatic heterocycles. The number of hydrogen-bond acceptors (Lipinski definition) is 3. The van der Waals surface area contributed by atoms with Crippen molar-refractivity contribution in [1.29, 1.82) is 0 Å². The normalized spacial score (nSPS) is 10.0. The van der Waals surface area contributed by atoms with E-state index in [1.165, 1.54) is 0 Å². The van der Waals surface area contributed by atoms with Gasteiger partial charge in [0.25, 0.3) is 0 Å². The average Bonchev–Trinajstić information content (AvgIpc) is 1.35.